The molecule has 14 nitrogen and oxygen atoms in total. The van der Waals surface area contributed by atoms with Gasteiger partial charge in [0, 0.05) is 0 Å². The Morgan fingerprint density at radius 3 is 1.10 bits per heavy atom. The van der Waals surface area contributed by atoms with Crippen LogP contribution in [0.25, 0.3) is 0 Å². The molecule has 4 aromatic carbocycles. The second kappa shape index (κ2) is 15.4. The lowest BCUT2D eigenvalue weighted by atomic mass is 9.99. The molecule has 1 aliphatic heterocycles. The molecular formula is C34H36O14S4. The number of ether oxygens (including phenoxy) is 1. The lowest BCUT2D eigenvalue weighted by Crippen LogP contribution is -2.62. The molecule has 0 aliphatic carbocycles. The van der Waals surface area contributed by atoms with Crippen LogP contribution in [0.1, 0.15) is 22.3 Å². The summed E-state index contributed by atoms with van der Waals surface area (Å²) in [5, 5.41) is 11.2. The van der Waals surface area contributed by atoms with Gasteiger partial charge in [-0.1, -0.05) is 70.8 Å². The number of hydrogen-bond donors (Lipinski definition) is 1. The van der Waals surface area contributed by atoms with Crippen LogP contribution in [-0.4, -0.2) is 76.1 Å². The Morgan fingerprint density at radius 2 is 0.750 bits per heavy atom. The minimum atomic E-state index is -4.91. The van der Waals surface area contributed by atoms with Crippen LogP contribution in [0, 0.1) is 27.7 Å². The van der Waals surface area contributed by atoms with Crippen molar-refractivity contribution in [1.29, 1.82) is 0 Å². The predicted molar refractivity (Wildman–Crippen MR) is 185 cm³/mol. The van der Waals surface area contributed by atoms with Gasteiger partial charge in [0.05, 0.1) is 26.2 Å². The molecule has 18 heteroatoms. The van der Waals surface area contributed by atoms with E-state index >= 15 is 0 Å². The van der Waals surface area contributed by atoms with Crippen molar-refractivity contribution in [3.63, 3.8) is 0 Å². The molecule has 4 aromatic rings. The summed E-state index contributed by atoms with van der Waals surface area (Å²) in [4.78, 5) is -1.50. The molecule has 1 saturated heterocycles. The molecule has 0 unspecified atom stereocenters. The lowest BCUT2D eigenvalue weighted by molar-refractivity contribution is -0.268. The molecule has 1 fully saturated rings. The maximum absolute atomic E-state index is 13.7. The molecule has 280 valence electrons. The number of hydrogen-bond acceptors (Lipinski definition) is 14. The van der Waals surface area contributed by atoms with Gasteiger partial charge in [0.25, 0.3) is 40.5 Å². The Bertz CT molecular complexity index is 2310. The molecule has 52 heavy (non-hydrogen) atoms. The Labute approximate surface area is 303 Å². The highest BCUT2D eigenvalue weighted by Crippen LogP contribution is 2.34. The van der Waals surface area contributed by atoms with Crippen LogP contribution in [-0.2, 0) is 61.9 Å². The quantitative estimate of drug-likeness (QED) is 0.192. The number of aliphatic hydroxyl groups is 1. The molecule has 0 spiro atoms. The van der Waals surface area contributed by atoms with E-state index in [1.807, 2.05) is 0 Å². The minimum Gasteiger partial charge on any atom is -0.366 e. The van der Waals surface area contributed by atoms with Crippen molar-refractivity contribution in [2.45, 2.75) is 78.0 Å². The standard InChI is InChI=1S/C34H36O14S4/c1-22-5-13-26(14-6-22)49(36,37)44-21-30-31(46-50(38,39)27-15-7-23(2)8-16-27)32(47-51(40,41)28-17-9-24(3)10-18-28)33(34(35)45-30)48-52(42,43)29-19-11-25(4)12-20-29/h5-20,30-35H,21H2,1-4H3/t30-,31-,32+,33-,34+/m1/s1. The van der Waals surface area contributed by atoms with E-state index in [1.165, 1.54) is 97.1 Å². The van der Waals surface area contributed by atoms with Gasteiger partial charge < -0.3 is 9.84 Å². The summed E-state index contributed by atoms with van der Waals surface area (Å²) in [5.74, 6) is 0. The molecule has 0 bridgehead atoms. The molecule has 1 N–H and O–H groups in total. The van der Waals surface area contributed by atoms with Crippen LogP contribution in [0.4, 0.5) is 0 Å². The summed E-state index contributed by atoms with van der Waals surface area (Å²) in [7, 11) is -19.2. The summed E-state index contributed by atoms with van der Waals surface area (Å²) >= 11 is 0. The third-order valence-electron chi connectivity index (χ3n) is 7.95. The second-order valence-electron chi connectivity index (χ2n) is 12.1. The van der Waals surface area contributed by atoms with Crippen LogP contribution < -0.4 is 0 Å². The van der Waals surface area contributed by atoms with E-state index in [1.54, 1.807) is 27.7 Å². The van der Waals surface area contributed by atoms with Crippen molar-refractivity contribution in [1.82, 2.24) is 0 Å². The Kier molecular flexibility index (Phi) is 11.8. The van der Waals surface area contributed by atoms with Gasteiger partial charge in [-0.05, 0) is 76.2 Å². The zero-order valence-electron chi connectivity index (χ0n) is 28.2. The molecule has 0 radical (unpaired) electrons. The first-order valence-electron chi connectivity index (χ1n) is 15.6. The summed E-state index contributed by atoms with van der Waals surface area (Å²) in [5.41, 5.74) is 2.82. The summed E-state index contributed by atoms with van der Waals surface area (Å²) in [6.07, 6.45) is -11.1. The highest BCUT2D eigenvalue weighted by molar-refractivity contribution is 7.87. The molecule has 5 rings (SSSR count). The fraction of sp³-hybridized carbons (Fsp3) is 0.294. The van der Waals surface area contributed by atoms with E-state index in [-0.39, 0.29) is 4.90 Å². The van der Waals surface area contributed by atoms with E-state index in [2.05, 4.69) is 0 Å². The third-order valence-corrected chi connectivity index (χ3v) is 13.2. The van der Waals surface area contributed by atoms with E-state index in [0.717, 1.165) is 5.56 Å². The Morgan fingerprint density at radius 1 is 0.462 bits per heavy atom. The number of aryl methyl sites for hydroxylation is 4. The average Bonchev–Trinajstić information content (AvgIpc) is 3.07. The largest absolute Gasteiger partial charge is 0.366 e. The topological polar surface area (TPSA) is 203 Å². The molecule has 0 aromatic heterocycles. The van der Waals surface area contributed by atoms with Crippen molar-refractivity contribution in [2.24, 2.45) is 0 Å². The van der Waals surface area contributed by atoms with Gasteiger partial charge in [0.15, 0.2) is 12.4 Å². The smallest absolute Gasteiger partial charge is 0.297 e. The van der Waals surface area contributed by atoms with Gasteiger partial charge in [0.2, 0.25) is 0 Å². The SMILES string of the molecule is Cc1ccc(S(=O)(=O)OC[C@H]2O[C@H](O)[C@H](OS(=O)(=O)c3ccc(C)cc3)[C@@H](OS(=O)(=O)c3ccc(C)cc3)[C@@H]2OS(=O)(=O)c2ccc(C)cc2)cc1. The molecular weight excluding hydrogens is 761 g/mol. The Balaban J connectivity index is 1.61. The van der Waals surface area contributed by atoms with E-state index in [0.29, 0.717) is 16.7 Å². The fourth-order valence-electron chi connectivity index (χ4n) is 5.01. The highest BCUT2D eigenvalue weighted by atomic mass is 32.2. The van der Waals surface area contributed by atoms with Crippen LogP contribution in [0.5, 0.6) is 0 Å². The molecule has 0 saturated carbocycles. The first-order valence-corrected chi connectivity index (χ1v) is 21.2. The number of benzene rings is 4. The minimum absolute atomic E-state index is 0.278. The summed E-state index contributed by atoms with van der Waals surface area (Å²) in [6, 6.07) is 21.4. The van der Waals surface area contributed by atoms with E-state index in [9.17, 15) is 38.8 Å². The molecule has 1 aliphatic rings. The van der Waals surface area contributed by atoms with Crippen molar-refractivity contribution in [2.75, 3.05) is 6.61 Å². The second-order valence-corrected chi connectivity index (χ2v) is 18.4. The van der Waals surface area contributed by atoms with Gasteiger partial charge in [-0.3, -0.25) is 16.7 Å². The first kappa shape index (κ1) is 39.6. The number of rotatable bonds is 13. The van der Waals surface area contributed by atoms with Crippen molar-refractivity contribution in [3.8, 4) is 0 Å². The average molecular weight is 797 g/mol. The highest BCUT2D eigenvalue weighted by Gasteiger charge is 2.54. The van der Waals surface area contributed by atoms with Crippen molar-refractivity contribution >= 4 is 40.5 Å². The third kappa shape index (κ3) is 9.32. The molecule has 5 atom stereocenters. The maximum atomic E-state index is 13.7. The lowest BCUT2D eigenvalue weighted by Gasteiger charge is -2.42. The van der Waals surface area contributed by atoms with Gasteiger partial charge in [0.1, 0.15) is 18.3 Å². The zero-order chi connectivity index (χ0) is 38.1. The van der Waals surface area contributed by atoms with Gasteiger partial charge in [-0.2, -0.15) is 33.7 Å². The Hall–Kier alpha value is -3.56. The van der Waals surface area contributed by atoms with Gasteiger partial charge in [-0.15, -0.1) is 0 Å². The summed E-state index contributed by atoms with van der Waals surface area (Å²) in [6.45, 7) is 5.77. The van der Waals surface area contributed by atoms with Crippen LogP contribution >= 0.6 is 0 Å². The van der Waals surface area contributed by atoms with E-state index < -0.39 is 92.5 Å². The predicted octanol–water partition coefficient (Wildman–Crippen LogP) is 3.67. The fourth-order valence-corrected chi connectivity index (χ4v) is 9.20. The van der Waals surface area contributed by atoms with Crippen molar-refractivity contribution in [3.05, 3.63) is 119 Å². The maximum Gasteiger partial charge on any atom is 0.297 e. The zero-order valence-corrected chi connectivity index (χ0v) is 31.5. The summed E-state index contributed by atoms with van der Waals surface area (Å²) < 4.78 is 135. The van der Waals surface area contributed by atoms with Crippen LogP contribution in [0.3, 0.4) is 0 Å². The van der Waals surface area contributed by atoms with E-state index in [4.69, 9.17) is 21.5 Å². The van der Waals surface area contributed by atoms with Crippen molar-refractivity contribution < 1.29 is 60.2 Å². The molecule has 0 amide bonds. The monoisotopic (exact) mass is 796 g/mol. The molecule has 1 heterocycles. The van der Waals surface area contributed by atoms with Gasteiger partial charge >= 0.3 is 0 Å². The first-order chi connectivity index (χ1) is 24.3. The van der Waals surface area contributed by atoms with Crippen LogP contribution in [0.15, 0.2) is 117 Å². The van der Waals surface area contributed by atoms with Crippen LogP contribution in [0.2, 0.25) is 0 Å². The number of aliphatic hydroxyl groups excluding tert-OH is 1. The van der Waals surface area contributed by atoms with Gasteiger partial charge in [-0.25, -0.2) is 0 Å². The normalized spacial score (nSPS) is 21.5.